The van der Waals surface area contributed by atoms with Gasteiger partial charge in [0.2, 0.25) is 15.9 Å². The van der Waals surface area contributed by atoms with Crippen molar-refractivity contribution in [3.05, 3.63) is 51.0 Å². The highest BCUT2D eigenvalue weighted by Crippen LogP contribution is 2.28. The number of nitrogens with one attached hydrogen (secondary N) is 1. The molecule has 1 fully saturated rings. The van der Waals surface area contributed by atoms with Gasteiger partial charge in [0.15, 0.2) is 0 Å². The second kappa shape index (κ2) is 8.45. The topological polar surface area (TPSA) is 79.4 Å². The smallest absolute Gasteiger partial charge is 0.243 e. The quantitative estimate of drug-likeness (QED) is 0.693. The van der Waals surface area contributed by atoms with Crippen LogP contribution in [0.15, 0.2) is 45.9 Å². The van der Waals surface area contributed by atoms with Crippen LogP contribution in [-0.4, -0.2) is 36.7 Å². The Morgan fingerprint density at radius 2 is 1.93 bits per heavy atom. The van der Waals surface area contributed by atoms with Gasteiger partial charge in [-0.3, -0.25) is 4.79 Å². The molecule has 1 aliphatic heterocycles. The van der Waals surface area contributed by atoms with Crippen LogP contribution in [-0.2, 0) is 14.8 Å². The first-order valence-electron chi connectivity index (χ1n) is 8.14. The average Bonchev–Trinajstić information content (AvgIpc) is 2.63. The maximum atomic E-state index is 12.9. The van der Waals surface area contributed by atoms with Gasteiger partial charge < -0.3 is 5.32 Å². The molecule has 0 aliphatic carbocycles. The van der Waals surface area contributed by atoms with E-state index in [1.54, 1.807) is 18.3 Å². The molecule has 1 saturated heterocycles. The lowest BCUT2D eigenvalue weighted by Crippen LogP contribution is -2.43. The van der Waals surface area contributed by atoms with Crippen LogP contribution in [0, 0.1) is 5.92 Å². The fraction of sp³-hybridized carbons (Fsp3) is 0.294. The summed E-state index contributed by atoms with van der Waals surface area (Å²) in [6.07, 6.45) is 2.76. The number of piperidine rings is 1. The number of halogens is 3. The monoisotopic (exact) mass is 491 g/mol. The van der Waals surface area contributed by atoms with Gasteiger partial charge in [-0.05, 0) is 59.1 Å². The van der Waals surface area contributed by atoms with Crippen molar-refractivity contribution in [1.82, 2.24) is 9.29 Å². The Bertz CT molecular complexity index is 934. The molecular weight excluding hydrogens is 477 g/mol. The van der Waals surface area contributed by atoms with E-state index in [0.29, 0.717) is 25.2 Å². The number of anilines is 1. The molecule has 1 aliphatic rings. The highest BCUT2D eigenvalue weighted by atomic mass is 79.9. The number of aromatic nitrogens is 1. The number of benzene rings is 1. The summed E-state index contributed by atoms with van der Waals surface area (Å²) in [6, 6.07) is 7.63. The SMILES string of the molecule is O=C(Nc1ccc(Br)cn1)C1CCCN(S(=O)(=O)c2cc(Cl)cc(Cl)c2)C1. The van der Waals surface area contributed by atoms with Crippen molar-refractivity contribution >= 4 is 60.9 Å². The standard InChI is InChI=1S/C17H16BrCl2N3O3S/c18-12-3-4-16(21-9-12)22-17(24)11-2-1-5-23(10-11)27(25,26)15-7-13(19)6-14(20)8-15/h3-4,6-9,11H,1-2,5,10H2,(H,21,22,24). The van der Waals surface area contributed by atoms with Gasteiger partial charge in [0.25, 0.3) is 0 Å². The molecule has 1 N–H and O–H groups in total. The molecule has 6 nitrogen and oxygen atoms in total. The number of carbonyl (C=O) groups is 1. The van der Waals surface area contributed by atoms with Gasteiger partial charge in [0.1, 0.15) is 5.82 Å². The van der Waals surface area contributed by atoms with Crippen LogP contribution in [0.3, 0.4) is 0 Å². The maximum Gasteiger partial charge on any atom is 0.243 e. The Hall–Kier alpha value is -1.19. The Morgan fingerprint density at radius 3 is 2.56 bits per heavy atom. The molecule has 1 aromatic carbocycles. The van der Waals surface area contributed by atoms with Gasteiger partial charge in [0.05, 0.1) is 10.8 Å². The van der Waals surface area contributed by atoms with E-state index in [2.05, 4.69) is 26.2 Å². The lowest BCUT2D eigenvalue weighted by molar-refractivity contribution is -0.120. The lowest BCUT2D eigenvalue weighted by Gasteiger charge is -2.31. The second-order valence-corrected chi connectivity index (χ2v) is 9.88. The van der Waals surface area contributed by atoms with Gasteiger partial charge in [-0.25, -0.2) is 13.4 Å². The third kappa shape index (κ3) is 5.00. The summed E-state index contributed by atoms with van der Waals surface area (Å²) in [5.74, 6) is -0.299. The van der Waals surface area contributed by atoms with Gasteiger partial charge in [-0.15, -0.1) is 0 Å². The molecule has 144 valence electrons. The van der Waals surface area contributed by atoms with E-state index < -0.39 is 15.9 Å². The largest absolute Gasteiger partial charge is 0.310 e. The van der Waals surface area contributed by atoms with Crippen molar-refractivity contribution < 1.29 is 13.2 Å². The number of pyridine rings is 1. The Labute approximate surface area is 176 Å². The minimum absolute atomic E-state index is 0.0237. The highest BCUT2D eigenvalue weighted by Gasteiger charge is 2.33. The molecule has 3 rings (SSSR count). The van der Waals surface area contributed by atoms with E-state index in [4.69, 9.17) is 23.2 Å². The minimum Gasteiger partial charge on any atom is -0.310 e. The van der Waals surface area contributed by atoms with Gasteiger partial charge >= 0.3 is 0 Å². The number of hydrogen-bond donors (Lipinski definition) is 1. The molecule has 1 atom stereocenters. The summed E-state index contributed by atoms with van der Waals surface area (Å²) in [6.45, 7) is 0.432. The van der Waals surface area contributed by atoms with Crippen molar-refractivity contribution in [1.29, 1.82) is 0 Å². The zero-order chi connectivity index (χ0) is 19.6. The molecule has 2 heterocycles. The van der Waals surface area contributed by atoms with Gasteiger partial charge in [-0.1, -0.05) is 23.2 Å². The molecule has 0 spiro atoms. The van der Waals surface area contributed by atoms with Crippen LogP contribution in [0.25, 0.3) is 0 Å². The van der Waals surface area contributed by atoms with Crippen molar-refractivity contribution in [2.24, 2.45) is 5.92 Å². The van der Waals surface area contributed by atoms with Crippen LogP contribution in [0.1, 0.15) is 12.8 Å². The third-order valence-corrected chi connectivity index (χ3v) is 6.96. The van der Waals surface area contributed by atoms with Crippen LogP contribution in [0.2, 0.25) is 10.0 Å². The average molecular weight is 493 g/mol. The molecule has 0 saturated carbocycles. The fourth-order valence-electron chi connectivity index (χ4n) is 2.88. The Morgan fingerprint density at radius 1 is 1.22 bits per heavy atom. The third-order valence-electron chi connectivity index (χ3n) is 4.21. The van der Waals surface area contributed by atoms with E-state index in [9.17, 15) is 13.2 Å². The summed E-state index contributed by atoms with van der Waals surface area (Å²) in [7, 11) is -3.79. The number of carbonyl (C=O) groups excluding carboxylic acids is 1. The van der Waals surface area contributed by atoms with Gasteiger partial charge in [-0.2, -0.15) is 4.31 Å². The maximum absolute atomic E-state index is 12.9. The molecule has 2 aromatic rings. The summed E-state index contributed by atoms with van der Waals surface area (Å²) in [4.78, 5) is 16.7. The normalized spacial score (nSPS) is 18.3. The first-order chi connectivity index (χ1) is 12.8. The second-order valence-electron chi connectivity index (χ2n) is 6.16. The molecule has 27 heavy (non-hydrogen) atoms. The molecule has 1 unspecified atom stereocenters. The first kappa shape index (κ1) is 20.5. The summed E-state index contributed by atoms with van der Waals surface area (Å²) >= 11 is 15.2. The molecule has 1 amide bonds. The lowest BCUT2D eigenvalue weighted by atomic mass is 9.99. The van der Waals surface area contributed by atoms with E-state index >= 15 is 0 Å². The number of nitrogens with zero attached hydrogens (tertiary/aromatic N) is 2. The predicted molar refractivity (Wildman–Crippen MR) is 109 cm³/mol. The highest BCUT2D eigenvalue weighted by molar-refractivity contribution is 9.10. The number of amides is 1. The van der Waals surface area contributed by atoms with Gasteiger partial charge in [0, 0.05) is 33.8 Å². The zero-order valence-electron chi connectivity index (χ0n) is 14.0. The van der Waals surface area contributed by atoms with Crippen LogP contribution in [0.5, 0.6) is 0 Å². The van der Waals surface area contributed by atoms with Crippen molar-refractivity contribution in [2.45, 2.75) is 17.7 Å². The van der Waals surface area contributed by atoms with E-state index in [0.717, 1.165) is 4.47 Å². The summed E-state index contributed by atoms with van der Waals surface area (Å²) in [5, 5.41) is 3.22. The molecule has 10 heteroatoms. The zero-order valence-corrected chi connectivity index (χ0v) is 17.9. The van der Waals surface area contributed by atoms with Crippen LogP contribution >= 0.6 is 39.1 Å². The minimum atomic E-state index is -3.79. The molecule has 0 bridgehead atoms. The summed E-state index contributed by atoms with van der Waals surface area (Å²) in [5.41, 5.74) is 0. The fourth-order valence-corrected chi connectivity index (χ4v) is 5.36. The predicted octanol–water partition coefficient (Wildman–Crippen LogP) is 4.19. The van der Waals surface area contributed by atoms with E-state index in [1.807, 2.05) is 0 Å². The molecule has 0 radical (unpaired) electrons. The molecule has 1 aromatic heterocycles. The first-order valence-corrected chi connectivity index (χ1v) is 11.1. The van der Waals surface area contributed by atoms with E-state index in [1.165, 1.54) is 22.5 Å². The Kier molecular flexibility index (Phi) is 6.43. The van der Waals surface area contributed by atoms with E-state index in [-0.39, 0.29) is 27.4 Å². The van der Waals surface area contributed by atoms with Crippen LogP contribution in [0.4, 0.5) is 5.82 Å². The summed E-state index contributed by atoms with van der Waals surface area (Å²) < 4.78 is 27.9. The number of sulfonamides is 1. The molecular formula is C17H16BrCl2N3O3S. The van der Waals surface area contributed by atoms with Crippen LogP contribution < -0.4 is 5.32 Å². The van der Waals surface area contributed by atoms with Crippen molar-refractivity contribution in [2.75, 3.05) is 18.4 Å². The Balaban J connectivity index is 1.74. The van der Waals surface area contributed by atoms with Crippen molar-refractivity contribution in [3.63, 3.8) is 0 Å². The van der Waals surface area contributed by atoms with Crippen molar-refractivity contribution in [3.8, 4) is 0 Å². The number of rotatable bonds is 4. The number of hydrogen-bond acceptors (Lipinski definition) is 4.